The molecule has 0 unspecified atom stereocenters. The van der Waals surface area contributed by atoms with Crippen molar-refractivity contribution in [1.29, 1.82) is 0 Å². The molecule has 0 bridgehead atoms. The van der Waals surface area contributed by atoms with Gasteiger partial charge in [0.1, 0.15) is 0 Å². The first kappa shape index (κ1) is 15.2. The molecule has 0 atom stereocenters. The van der Waals surface area contributed by atoms with Gasteiger partial charge in [-0.2, -0.15) is 0 Å². The third-order valence-electron chi connectivity index (χ3n) is 3.10. The van der Waals surface area contributed by atoms with Crippen LogP contribution in [-0.2, 0) is 6.54 Å². The van der Waals surface area contributed by atoms with Gasteiger partial charge in [-0.15, -0.1) is 0 Å². The fourth-order valence-electron chi connectivity index (χ4n) is 2.05. The topological polar surface area (TPSA) is 49.8 Å². The van der Waals surface area contributed by atoms with Crippen LogP contribution in [0.2, 0.25) is 5.02 Å². The van der Waals surface area contributed by atoms with E-state index >= 15 is 0 Å². The van der Waals surface area contributed by atoms with E-state index in [9.17, 15) is 9.90 Å². The number of methoxy groups -OCH3 is 1. The lowest BCUT2D eigenvalue weighted by atomic mass is 10.1. The second kappa shape index (κ2) is 6.50. The molecule has 0 spiro atoms. The van der Waals surface area contributed by atoms with Crippen LogP contribution in [0.25, 0.3) is 0 Å². The molecule has 1 amide bonds. The summed E-state index contributed by atoms with van der Waals surface area (Å²) in [6, 6.07) is 12.1. The predicted molar refractivity (Wildman–Crippen MR) is 81.9 cm³/mol. The Kier molecular flexibility index (Phi) is 4.70. The zero-order chi connectivity index (χ0) is 15.4. The van der Waals surface area contributed by atoms with Crippen LogP contribution < -0.4 is 4.74 Å². The summed E-state index contributed by atoms with van der Waals surface area (Å²) in [6.45, 7) is 0.399. The Labute approximate surface area is 128 Å². The summed E-state index contributed by atoms with van der Waals surface area (Å²) in [4.78, 5) is 13.9. The van der Waals surface area contributed by atoms with Gasteiger partial charge in [-0.25, -0.2) is 0 Å². The van der Waals surface area contributed by atoms with Gasteiger partial charge in [0.15, 0.2) is 11.5 Å². The summed E-state index contributed by atoms with van der Waals surface area (Å²) >= 11 is 5.93. The van der Waals surface area contributed by atoms with Crippen LogP contribution in [0.4, 0.5) is 0 Å². The molecule has 110 valence electrons. The van der Waals surface area contributed by atoms with Gasteiger partial charge in [-0.05, 0) is 29.8 Å². The number of ether oxygens (including phenoxy) is 1. The van der Waals surface area contributed by atoms with Crippen molar-refractivity contribution in [3.05, 3.63) is 58.6 Å². The minimum Gasteiger partial charge on any atom is -0.504 e. The van der Waals surface area contributed by atoms with E-state index < -0.39 is 0 Å². The molecule has 0 aliphatic heterocycles. The number of para-hydroxylation sites is 1. The molecule has 0 aliphatic rings. The molecule has 2 aromatic rings. The Balaban J connectivity index is 2.20. The highest BCUT2D eigenvalue weighted by Gasteiger charge is 2.18. The maximum absolute atomic E-state index is 12.4. The number of amides is 1. The molecule has 4 nitrogen and oxygen atoms in total. The van der Waals surface area contributed by atoms with E-state index in [1.165, 1.54) is 12.0 Å². The van der Waals surface area contributed by atoms with Crippen LogP contribution in [0.5, 0.6) is 11.5 Å². The van der Waals surface area contributed by atoms with Gasteiger partial charge in [-0.3, -0.25) is 4.79 Å². The maximum atomic E-state index is 12.4. The predicted octanol–water partition coefficient (Wildman–Crippen LogP) is 3.33. The van der Waals surface area contributed by atoms with Crippen molar-refractivity contribution in [2.45, 2.75) is 6.54 Å². The number of benzene rings is 2. The quantitative estimate of drug-likeness (QED) is 0.942. The summed E-state index contributed by atoms with van der Waals surface area (Å²) in [7, 11) is 3.11. The van der Waals surface area contributed by atoms with Crippen molar-refractivity contribution < 1.29 is 14.6 Å². The second-order valence-corrected chi connectivity index (χ2v) is 5.08. The van der Waals surface area contributed by atoms with Gasteiger partial charge >= 0.3 is 0 Å². The van der Waals surface area contributed by atoms with E-state index in [-0.39, 0.29) is 23.0 Å². The SMILES string of the molecule is COc1cccc(C(=O)N(C)Cc2cccc(Cl)c2)c1O. The highest BCUT2D eigenvalue weighted by molar-refractivity contribution is 6.30. The van der Waals surface area contributed by atoms with E-state index in [0.717, 1.165) is 5.56 Å². The fourth-order valence-corrected chi connectivity index (χ4v) is 2.26. The number of nitrogens with zero attached hydrogens (tertiary/aromatic N) is 1. The van der Waals surface area contributed by atoms with Crippen LogP contribution in [0.1, 0.15) is 15.9 Å². The van der Waals surface area contributed by atoms with Gasteiger partial charge in [0.05, 0.1) is 12.7 Å². The number of halogens is 1. The lowest BCUT2D eigenvalue weighted by Crippen LogP contribution is -2.26. The van der Waals surface area contributed by atoms with Crippen molar-refractivity contribution in [3.63, 3.8) is 0 Å². The van der Waals surface area contributed by atoms with E-state index in [2.05, 4.69) is 0 Å². The lowest BCUT2D eigenvalue weighted by molar-refractivity contribution is 0.0781. The summed E-state index contributed by atoms with van der Waals surface area (Å²) < 4.78 is 5.01. The number of rotatable bonds is 4. The normalized spacial score (nSPS) is 10.2. The summed E-state index contributed by atoms with van der Waals surface area (Å²) in [6.07, 6.45) is 0. The molecular weight excluding hydrogens is 290 g/mol. The minimum atomic E-state index is -0.286. The van der Waals surface area contributed by atoms with E-state index in [0.29, 0.717) is 11.6 Å². The molecule has 2 rings (SSSR count). The van der Waals surface area contributed by atoms with E-state index in [4.69, 9.17) is 16.3 Å². The molecule has 0 aromatic heterocycles. The molecule has 0 aliphatic carbocycles. The molecular formula is C16H16ClNO3. The molecule has 1 N–H and O–H groups in total. The van der Waals surface area contributed by atoms with Crippen molar-refractivity contribution in [3.8, 4) is 11.5 Å². The minimum absolute atomic E-state index is 0.150. The zero-order valence-corrected chi connectivity index (χ0v) is 12.6. The highest BCUT2D eigenvalue weighted by Crippen LogP contribution is 2.30. The summed E-state index contributed by atoms with van der Waals surface area (Å²) in [5.41, 5.74) is 1.12. The standard InChI is InChI=1S/C16H16ClNO3/c1-18(10-11-5-3-6-12(17)9-11)16(20)13-7-4-8-14(21-2)15(13)19/h3-9,19H,10H2,1-2H3. The van der Waals surface area contributed by atoms with Crippen molar-refractivity contribution in [2.24, 2.45) is 0 Å². The average molecular weight is 306 g/mol. The molecule has 0 fully saturated rings. The third-order valence-corrected chi connectivity index (χ3v) is 3.34. The number of phenols is 1. The summed E-state index contributed by atoms with van der Waals surface area (Å²) in [5.74, 6) is -0.161. The van der Waals surface area contributed by atoms with Crippen LogP contribution in [0.15, 0.2) is 42.5 Å². The first-order chi connectivity index (χ1) is 10.0. The number of carbonyl (C=O) groups is 1. The largest absolute Gasteiger partial charge is 0.504 e. The van der Waals surface area contributed by atoms with Gasteiger partial charge in [0.2, 0.25) is 0 Å². The number of hydrogen-bond donors (Lipinski definition) is 1. The Bertz CT molecular complexity index is 658. The Morgan fingerprint density at radius 1 is 1.29 bits per heavy atom. The first-order valence-corrected chi connectivity index (χ1v) is 6.76. The second-order valence-electron chi connectivity index (χ2n) is 4.65. The molecule has 0 heterocycles. The van der Waals surface area contributed by atoms with Crippen molar-refractivity contribution in [2.75, 3.05) is 14.2 Å². The van der Waals surface area contributed by atoms with Crippen LogP contribution in [0.3, 0.4) is 0 Å². The lowest BCUT2D eigenvalue weighted by Gasteiger charge is -2.18. The number of phenolic OH excluding ortho intramolecular Hbond substituents is 1. The van der Waals surface area contributed by atoms with E-state index in [1.54, 1.807) is 37.4 Å². The first-order valence-electron chi connectivity index (χ1n) is 6.39. The van der Waals surface area contributed by atoms with Crippen LogP contribution >= 0.6 is 11.6 Å². The third kappa shape index (κ3) is 3.47. The smallest absolute Gasteiger partial charge is 0.257 e. The summed E-state index contributed by atoms with van der Waals surface area (Å²) in [5, 5.41) is 10.6. The molecule has 0 saturated carbocycles. The van der Waals surface area contributed by atoms with E-state index in [1.807, 2.05) is 12.1 Å². The van der Waals surface area contributed by atoms with Gasteiger partial charge < -0.3 is 14.7 Å². The number of aromatic hydroxyl groups is 1. The fraction of sp³-hybridized carbons (Fsp3) is 0.188. The molecule has 2 aromatic carbocycles. The number of hydrogen-bond acceptors (Lipinski definition) is 3. The average Bonchev–Trinajstić information content (AvgIpc) is 2.47. The van der Waals surface area contributed by atoms with Crippen LogP contribution in [-0.4, -0.2) is 30.1 Å². The Hall–Kier alpha value is -2.20. The molecule has 21 heavy (non-hydrogen) atoms. The molecule has 5 heteroatoms. The zero-order valence-electron chi connectivity index (χ0n) is 11.8. The maximum Gasteiger partial charge on any atom is 0.257 e. The Morgan fingerprint density at radius 2 is 2.00 bits per heavy atom. The van der Waals surface area contributed by atoms with Crippen molar-refractivity contribution in [1.82, 2.24) is 4.90 Å². The van der Waals surface area contributed by atoms with Crippen LogP contribution in [0, 0.1) is 0 Å². The Morgan fingerprint density at radius 3 is 2.67 bits per heavy atom. The van der Waals surface area contributed by atoms with Gasteiger partial charge in [0, 0.05) is 18.6 Å². The van der Waals surface area contributed by atoms with Gasteiger partial charge in [0.25, 0.3) is 5.91 Å². The monoisotopic (exact) mass is 305 g/mol. The number of carbonyl (C=O) groups excluding carboxylic acids is 1. The molecule has 0 radical (unpaired) electrons. The highest BCUT2D eigenvalue weighted by atomic mass is 35.5. The van der Waals surface area contributed by atoms with Gasteiger partial charge in [-0.1, -0.05) is 29.8 Å². The van der Waals surface area contributed by atoms with Crippen molar-refractivity contribution >= 4 is 17.5 Å². The molecule has 0 saturated heterocycles.